The molecule has 0 spiro atoms. The molecule has 10 heteroatoms. The lowest BCUT2D eigenvalue weighted by atomic mass is 10.1. The molecule has 1 saturated heterocycles. The Balaban J connectivity index is 1.40. The molecule has 4 rings (SSSR count). The van der Waals surface area contributed by atoms with Gasteiger partial charge in [-0.05, 0) is 24.3 Å². The van der Waals surface area contributed by atoms with Crippen molar-refractivity contribution in [1.82, 2.24) is 19.7 Å². The van der Waals surface area contributed by atoms with Crippen molar-refractivity contribution in [2.24, 2.45) is 7.05 Å². The molecule has 1 aromatic carbocycles. The lowest BCUT2D eigenvalue weighted by molar-refractivity contribution is -0.141. The number of ether oxygens (including phenoxy) is 2. The minimum Gasteiger partial charge on any atom is -0.497 e. The average molecular weight is 432 g/mol. The van der Waals surface area contributed by atoms with E-state index < -0.39 is 18.0 Å². The van der Waals surface area contributed by atoms with Gasteiger partial charge in [-0.1, -0.05) is 18.2 Å². The summed E-state index contributed by atoms with van der Waals surface area (Å²) in [5.41, 5.74) is 0.825. The SMILES string of the molecule is COc1cccc(-c2cc(C(=O)N3CC(Oc4cccc(C(F)(F)F)n4)C3)n(C)n2)c1. The summed E-state index contributed by atoms with van der Waals surface area (Å²) in [5.74, 6) is 0.329. The number of carbonyl (C=O) groups excluding carboxylic acids is 1. The first-order chi connectivity index (χ1) is 14.7. The number of benzene rings is 1. The first-order valence-corrected chi connectivity index (χ1v) is 9.43. The van der Waals surface area contributed by atoms with Gasteiger partial charge in [0, 0.05) is 18.7 Å². The number of nitrogens with zero attached hydrogens (tertiary/aromatic N) is 4. The fraction of sp³-hybridized carbons (Fsp3) is 0.286. The van der Waals surface area contributed by atoms with Gasteiger partial charge in [0.1, 0.15) is 23.2 Å². The van der Waals surface area contributed by atoms with Gasteiger partial charge in [-0.2, -0.15) is 18.3 Å². The summed E-state index contributed by atoms with van der Waals surface area (Å²) in [6.45, 7) is 0.493. The number of likely N-dealkylation sites (tertiary alicyclic amines) is 1. The van der Waals surface area contributed by atoms with Crippen LogP contribution in [0.5, 0.6) is 11.6 Å². The molecule has 1 amide bonds. The van der Waals surface area contributed by atoms with Gasteiger partial charge in [-0.15, -0.1) is 0 Å². The van der Waals surface area contributed by atoms with Gasteiger partial charge in [-0.25, -0.2) is 4.98 Å². The number of aryl methyl sites for hydroxylation is 1. The van der Waals surface area contributed by atoms with E-state index in [9.17, 15) is 18.0 Å². The Morgan fingerprint density at radius 2 is 1.87 bits per heavy atom. The third kappa shape index (κ3) is 4.32. The molecule has 3 heterocycles. The predicted octanol–water partition coefficient (Wildman–Crippen LogP) is 3.41. The molecule has 31 heavy (non-hydrogen) atoms. The van der Waals surface area contributed by atoms with E-state index >= 15 is 0 Å². The van der Waals surface area contributed by atoms with Crippen LogP contribution < -0.4 is 9.47 Å². The van der Waals surface area contributed by atoms with Crippen LogP contribution in [-0.2, 0) is 13.2 Å². The first kappa shape index (κ1) is 20.7. The maximum atomic E-state index is 12.8. The summed E-state index contributed by atoms with van der Waals surface area (Å²) in [6.07, 6.45) is -4.97. The van der Waals surface area contributed by atoms with E-state index in [1.807, 2.05) is 24.3 Å². The second-order valence-corrected chi connectivity index (χ2v) is 7.08. The van der Waals surface area contributed by atoms with E-state index in [4.69, 9.17) is 9.47 Å². The molecule has 1 aliphatic rings. The van der Waals surface area contributed by atoms with Crippen molar-refractivity contribution in [3.63, 3.8) is 0 Å². The van der Waals surface area contributed by atoms with E-state index in [-0.39, 0.29) is 24.9 Å². The molecule has 7 nitrogen and oxygen atoms in total. The van der Waals surface area contributed by atoms with Crippen molar-refractivity contribution in [2.75, 3.05) is 20.2 Å². The van der Waals surface area contributed by atoms with Crippen molar-refractivity contribution in [3.8, 4) is 22.9 Å². The zero-order chi connectivity index (χ0) is 22.2. The van der Waals surface area contributed by atoms with Crippen LogP contribution in [0.3, 0.4) is 0 Å². The van der Waals surface area contributed by atoms with Crippen LogP contribution >= 0.6 is 0 Å². The van der Waals surface area contributed by atoms with E-state index in [0.717, 1.165) is 11.6 Å². The van der Waals surface area contributed by atoms with Gasteiger partial charge in [0.05, 0.1) is 25.9 Å². The van der Waals surface area contributed by atoms with E-state index in [0.29, 0.717) is 17.1 Å². The smallest absolute Gasteiger partial charge is 0.433 e. The van der Waals surface area contributed by atoms with Gasteiger partial charge >= 0.3 is 6.18 Å². The number of rotatable bonds is 5. The number of carbonyl (C=O) groups is 1. The number of alkyl halides is 3. The van der Waals surface area contributed by atoms with Gasteiger partial charge in [-0.3, -0.25) is 9.48 Å². The number of methoxy groups -OCH3 is 1. The third-order valence-electron chi connectivity index (χ3n) is 4.90. The number of pyridine rings is 1. The molecular formula is C21H19F3N4O3. The predicted molar refractivity (Wildman–Crippen MR) is 105 cm³/mol. The van der Waals surface area contributed by atoms with Crippen LogP contribution in [0.1, 0.15) is 16.2 Å². The Hall–Kier alpha value is -3.56. The molecule has 0 N–H and O–H groups in total. The normalized spacial score (nSPS) is 14.3. The fourth-order valence-corrected chi connectivity index (χ4v) is 3.24. The van der Waals surface area contributed by atoms with Gasteiger partial charge in [0.15, 0.2) is 0 Å². The zero-order valence-corrected chi connectivity index (χ0v) is 16.8. The summed E-state index contributed by atoms with van der Waals surface area (Å²) in [6, 6.07) is 12.5. The zero-order valence-electron chi connectivity index (χ0n) is 16.8. The number of hydrogen-bond acceptors (Lipinski definition) is 5. The summed E-state index contributed by atoms with van der Waals surface area (Å²) in [4.78, 5) is 17.8. The van der Waals surface area contributed by atoms with Crippen LogP contribution in [0.4, 0.5) is 13.2 Å². The summed E-state index contributed by atoms with van der Waals surface area (Å²) in [5, 5.41) is 4.40. The van der Waals surface area contributed by atoms with Crippen LogP contribution in [0, 0.1) is 0 Å². The van der Waals surface area contributed by atoms with Crippen molar-refractivity contribution in [1.29, 1.82) is 0 Å². The first-order valence-electron chi connectivity index (χ1n) is 9.43. The average Bonchev–Trinajstić information content (AvgIpc) is 3.11. The van der Waals surface area contributed by atoms with E-state index in [2.05, 4.69) is 10.1 Å². The molecule has 1 aliphatic heterocycles. The van der Waals surface area contributed by atoms with Gasteiger partial charge in [0.25, 0.3) is 5.91 Å². The lowest BCUT2D eigenvalue weighted by Gasteiger charge is -2.38. The molecule has 0 saturated carbocycles. The van der Waals surface area contributed by atoms with Crippen molar-refractivity contribution < 1.29 is 27.4 Å². The van der Waals surface area contributed by atoms with Crippen LogP contribution in [0.25, 0.3) is 11.3 Å². The highest BCUT2D eigenvalue weighted by Crippen LogP contribution is 2.29. The standard InChI is InChI=1S/C21H19F3N4O3/c1-27-17(10-16(26-27)13-5-3-6-14(9-13)30-2)20(29)28-11-15(12-28)31-19-8-4-7-18(25-19)21(22,23)24/h3-10,15H,11-12H2,1-2H3. The molecule has 0 aliphatic carbocycles. The highest BCUT2D eigenvalue weighted by molar-refractivity contribution is 5.94. The van der Waals surface area contributed by atoms with Crippen molar-refractivity contribution in [2.45, 2.75) is 12.3 Å². The number of aromatic nitrogens is 3. The summed E-state index contributed by atoms with van der Waals surface area (Å²) >= 11 is 0. The van der Waals surface area contributed by atoms with Crippen molar-refractivity contribution >= 4 is 5.91 Å². The largest absolute Gasteiger partial charge is 0.497 e. The second-order valence-electron chi connectivity index (χ2n) is 7.08. The molecule has 0 unspecified atom stereocenters. The quantitative estimate of drug-likeness (QED) is 0.618. The molecule has 0 radical (unpaired) electrons. The second kappa shape index (κ2) is 7.93. The molecule has 0 atom stereocenters. The number of amides is 1. The van der Waals surface area contributed by atoms with E-state index in [1.54, 1.807) is 25.1 Å². The minimum absolute atomic E-state index is 0.118. The number of hydrogen-bond donors (Lipinski definition) is 0. The molecule has 3 aromatic rings. The lowest BCUT2D eigenvalue weighted by Crippen LogP contribution is -2.56. The highest BCUT2D eigenvalue weighted by Gasteiger charge is 2.36. The highest BCUT2D eigenvalue weighted by atomic mass is 19.4. The van der Waals surface area contributed by atoms with Crippen LogP contribution in [0.2, 0.25) is 0 Å². The van der Waals surface area contributed by atoms with Crippen LogP contribution in [0.15, 0.2) is 48.5 Å². The maximum absolute atomic E-state index is 12.8. The Bertz CT molecular complexity index is 1110. The topological polar surface area (TPSA) is 69.5 Å². The molecule has 1 fully saturated rings. The van der Waals surface area contributed by atoms with Crippen LogP contribution in [-0.4, -0.2) is 51.9 Å². The van der Waals surface area contributed by atoms with Gasteiger partial charge in [0.2, 0.25) is 5.88 Å². The Labute approximate surface area is 176 Å². The molecule has 162 valence electrons. The molecular weight excluding hydrogens is 413 g/mol. The minimum atomic E-state index is -4.54. The maximum Gasteiger partial charge on any atom is 0.433 e. The van der Waals surface area contributed by atoms with Crippen molar-refractivity contribution in [3.05, 3.63) is 59.9 Å². The summed E-state index contributed by atoms with van der Waals surface area (Å²) in [7, 11) is 3.25. The molecule has 2 aromatic heterocycles. The Kier molecular flexibility index (Phi) is 5.30. The third-order valence-corrected chi connectivity index (χ3v) is 4.90. The monoisotopic (exact) mass is 432 g/mol. The van der Waals surface area contributed by atoms with Gasteiger partial charge < -0.3 is 14.4 Å². The Morgan fingerprint density at radius 3 is 2.58 bits per heavy atom. The fourth-order valence-electron chi connectivity index (χ4n) is 3.24. The Morgan fingerprint density at radius 1 is 1.13 bits per heavy atom. The van der Waals surface area contributed by atoms with E-state index in [1.165, 1.54) is 16.8 Å². The molecule has 0 bridgehead atoms. The summed E-state index contributed by atoms with van der Waals surface area (Å²) < 4.78 is 50.5. The number of halogens is 3.